The van der Waals surface area contributed by atoms with Gasteiger partial charge < -0.3 is 10.0 Å². The van der Waals surface area contributed by atoms with Gasteiger partial charge >= 0.3 is 0 Å². The highest BCUT2D eigenvalue weighted by Crippen LogP contribution is 2.33. The fourth-order valence-corrected chi connectivity index (χ4v) is 2.85. The van der Waals surface area contributed by atoms with Crippen molar-refractivity contribution in [1.29, 1.82) is 0 Å². The second kappa shape index (κ2) is 5.41. The van der Waals surface area contributed by atoms with Crippen LogP contribution in [0.4, 0.5) is 5.69 Å². The summed E-state index contributed by atoms with van der Waals surface area (Å²) >= 11 is 3.54. The van der Waals surface area contributed by atoms with Crippen molar-refractivity contribution >= 4 is 27.5 Å². The minimum absolute atomic E-state index is 0.0641. The Kier molecular flexibility index (Phi) is 4.07. The molecular weight excluding hydrogens is 294 g/mol. The summed E-state index contributed by atoms with van der Waals surface area (Å²) in [7, 11) is 0. The van der Waals surface area contributed by atoms with Crippen molar-refractivity contribution in [2.45, 2.75) is 26.2 Å². The van der Waals surface area contributed by atoms with Gasteiger partial charge in [0, 0.05) is 30.0 Å². The first kappa shape index (κ1) is 13.6. The van der Waals surface area contributed by atoms with E-state index in [0.717, 1.165) is 10.2 Å². The van der Waals surface area contributed by atoms with Crippen LogP contribution in [0.1, 0.15) is 31.7 Å². The summed E-state index contributed by atoms with van der Waals surface area (Å²) in [6, 6.07) is 6.11. The molecule has 0 aliphatic carbocycles. The van der Waals surface area contributed by atoms with E-state index >= 15 is 0 Å². The van der Waals surface area contributed by atoms with Gasteiger partial charge in [0.1, 0.15) is 0 Å². The lowest BCUT2D eigenvalue weighted by Crippen LogP contribution is -2.25. The number of carbonyl (C=O) groups excluding carboxylic acids is 1. The summed E-state index contributed by atoms with van der Waals surface area (Å²) in [5, 5.41) is 9.14. The highest BCUT2D eigenvalue weighted by molar-refractivity contribution is 9.10. The van der Waals surface area contributed by atoms with Crippen LogP contribution in [0.3, 0.4) is 0 Å². The van der Waals surface area contributed by atoms with Crippen molar-refractivity contribution < 1.29 is 9.90 Å². The molecule has 1 heterocycles. The molecule has 1 aliphatic heterocycles. The Bertz CT molecular complexity index is 459. The minimum Gasteiger partial charge on any atom is -0.396 e. The lowest BCUT2D eigenvalue weighted by Gasteiger charge is -2.19. The smallest absolute Gasteiger partial charge is 0.227 e. The van der Waals surface area contributed by atoms with E-state index in [-0.39, 0.29) is 18.4 Å². The molecule has 1 fully saturated rings. The molecule has 1 aliphatic rings. The number of benzene rings is 1. The van der Waals surface area contributed by atoms with Crippen LogP contribution in [0, 0.1) is 5.92 Å². The highest BCUT2D eigenvalue weighted by Gasteiger charge is 2.31. The molecule has 0 saturated carbocycles. The molecule has 18 heavy (non-hydrogen) atoms. The Morgan fingerprint density at radius 1 is 1.50 bits per heavy atom. The van der Waals surface area contributed by atoms with Gasteiger partial charge in [0.05, 0.1) is 5.69 Å². The first-order valence-electron chi connectivity index (χ1n) is 6.23. The molecule has 1 N–H and O–H groups in total. The SMILES string of the molecule is CC(C)c1ccc(N2CC(CO)CC2=O)c(Br)c1. The molecule has 4 heteroatoms. The van der Waals surface area contributed by atoms with Crippen molar-refractivity contribution in [3.05, 3.63) is 28.2 Å². The quantitative estimate of drug-likeness (QED) is 0.932. The second-order valence-electron chi connectivity index (χ2n) is 5.12. The largest absolute Gasteiger partial charge is 0.396 e. The topological polar surface area (TPSA) is 40.5 Å². The maximum absolute atomic E-state index is 11.9. The molecule has 1 aromatic carbocycles. The minimum atomic E-state index is 0.0641. The molecule has 0 radical (unpaired) electrons. The molecule has 1 aromatic rings. The van der Waals surface area contributed by atoms with E-state index in [2.05, 4.69) is 41.9 Å². The van der Waals surface area contributed by atoms with Crippen molar-refractivity contribution in [2.24, 2.45) is 5.92 Å². The molecule has 98 valence electrons. The Morgan fingerprint density at radius 2 is 2.22 bits per heavy atom. The van der Waals surface area contributed by atoms with Crippen LogP contribution >= 0.6 is 15.9 Å². The van der Waals surface area contributed by atoms with E-state index in [4.69, 9.17) is 5.11 Å². The van der Waals surface area contributed by atoms with Gasteiger partial charge in [-0.25, -0.2) is 0 Å². The predicted octanol–water partition coefficient (Wildman–Crippen LogP) is 2.92. The molecule has 1 saturated heterocycles. The summed E-state index contributed by atoms with van der Waals surface area (Å²) < 4.78 is 0.945. The first-order valence-corrected chi connectivity index (χ1v) is 7.03. The normalized spacial score (nSPS) is 19.9. The van der Waals surface area contributed by atoms with Gasteiger partial charge in [0.2, 0.25) is 5.91 Å². The third-order valence-electron chi connectivity index (χ3n) is 3.39. The third-order valence-corrected chi connectivity index (χ3v) is 4.03. The fraction of sp³-hybridized carbons (Fsp3) is 0.500. The van der Waals surface area contributed by atoms with E-state index in [0.29, 0.717) is 18.9 Å². The van der Waals surface area contributed by atoms with Gasteiger partial charge in [-0.1, -0.05) is 19.9 Å². The second-order valence-corrected chi connectivity index (χ2v) is 5.98. The average molecular weight is 312 g/mol. The zero-order valence-electron chi connectivity index (χ0n) is 10.7. The molecule has 2 rings (SSSR count). The van der Waals surface area contributed by atoms with Gasteiger partial charge in [0.25, 0.3) is 0 Å². The number of carbonyl (C=O) groups is 1. The predicted molar refractivity (Wildman–Crippen MR) is 75.8 cm³/mol. The first-order chi connectivity index (χ1) is 8.52. The van der Waals surface area contributed by atoms with Crippen LogP contribution in [0.5, 0.6) is 0 Å². The number of anilines is 1. The summed E-state index contributed by atoms with van der Waals surface area (Å²) in [4.78, 5) is 13.7. The summed E-state index contributed by atoms with van der Waals surface area (Å²) in [5.74, 6) is 0.621. The zero-order chi connectivity index (χ0) is 13.3. The number of hydrogen-bond acceptors (Lipinski definition) is 2. The molecule has 1 unspecified atom stereocenters. The van der Waals surface area contributed by atoms with Crippen LogP contribution in [0.15, 0.2) is 22.7 Å². The average Bonchev–Trinajstić information content (AvgIpc) is 2.70. The van der Waals surface area contributed by atoms with Crippen LogP contribution in [-0.2, 0) is 4.79 Å². The monoisotopic (exact) mass is 311 g/mol. The van der Waals surface area contributed by atoms with E-state index < -0.39 is 0 Å². The number of aliphatic hydroxyl groups is 1. The highest BCUT2D eigenvalue weighted by atomic mass is 79.9. The van der Waals surface area contributed by atoms with Gasteiger partial charge in [-0.3, -0.25) is 4.79 Å². The standard InChI is InChI=1S/C14H18BrNO2/c1-9(2)11-3-4-13(12(15)6-11)16-7-10(8-17)5-14(16)18/h3-4,6,9-10,17H,5,7-8H2,1-2H3. The van der Waals surface area contributed by atoms with Gasteiger partial charge in [-0.15, -0.1) is 0 Å². The molecule has 3 nitrogen and oxygen atoms in total. The van der Waals surface area contributed by atoms with Gasteiger partial charge in [-0.2, -0.15) is 0 Å². The van der Waals surface area contributed by atoms with Crippen LogP contribution in [-0.4, -0.2) is 24.2 Å². The number of nitrogens with zero attached hydrogens (tertiary/aromatic N) is 1. The van der Waals surface area contributed by atoms with Crippen LogP contribution < -0.4 is 4.90 Å². The van der Waals surface area contributed by atoms with Crippen molar-refractivity contribution in [3.8, 4) is 0 Å². The Hall–Kier alpha value is -0.870. The van der Waals surface area contributed by atoms with Crippen molar-refractivity contribution in [3.63, 3.8) is 0 Å². The zero-order valence-corrected chi connectivity index (χ0v) is 12.3. The molecule has 0 aromatic heterocycles. The van der Waals surface area contributed by atoms with Gasteiger partial charge in [-0.05, 0) is 39.5 Å². The third kappa shape index (κ3) is 2.59. The lowest BCUT2D eigenvalue weighted by molar-refractivity contribution is -0.117. The van der Waals surface area contributed by atoms with Crippen molar-refractivity contribution in [2.75, 3.05) is 18.1 Å². The Balaban J connectivity index is 2.26. The number of halogens is 1. The van der Waals surface area contributed by atoms with Gasteiger partial charge in [0.15, 0.2) is 0 Å². The number of amides is 1. The maximum Gasteiger partial charge on any atom is 0.227 e. The summed E-state index contributed by atoms with van der Waals surface area (Å²) in [6.45, 7) is 4.97. The van der Waals surface area contributed by atoms with E-state index in [1.54, 1.807) is 4.90 Å². The molecule has 1 amide bonds. The maximum atomic E-state index is 11.9. The number of hydrogen-bond donors (Lipinski definition) is 1. The molecule has 0 bridgehead atoms. The van der Waals surface area contributed by atoms with E-state index in [9.17, 15) is 4.79 Å². The Labute approximate surface area is 116 Å². The fourth-order valence-electron chi connectivity index (χ4n) is 2.24. The van der Waals surface area contributed by atoms with Crippen LogP contribution in [0.25, 0.3) is 0 Å². The summed E-state index contributed by atoms with van der Waals surface area (Å²) in [5.41, 5.74) is 2.15. The molecule has 1 atom stereocenters. The molecule has 0 spiro atoms. The summed E-state index contributed by atoms with van der Waals surface area (Å²) in [6.07, 6.45) is 0.439. The lowest BCUT2D eigenvalue weighted by atomic mass is 10.0. The Morgan fingerprint density at radius 3 is 2.72 bits per heavy atom. The van der Waals surface area contributed by atoms with Crippen LogP contribution in [0.2, 0.25) is 0 Å². The number of aliphatic hydroxyl groups excluding tert-OH is 1. The number of rotatable bonds is 3. The van der Waals surface area contributed by atoms with E-state index in [1.807, 2.05) is 6.07 Å². The molecular formula is C14H18BrNO2. The van der Waals surface area contributed by atoms with E-state index in [1.165, 1.54) is 5.56 Å². The van der Waals surface area contributed by atoms with Crippen molar-refractivity contribution in [1.82, 2.24) is 0 Å².